The zero-order valence-corrected chi connectivity index (χ0v) is 11.5. The van der Waals surface area contributed by atoms with Gasteiger partial charge < -0.3 is 5.73 Å². The molecule has 2 N–H and O–H groups in total. The van der Waals surface area contributed by atoms with Gasteiger partial charge in [0.25, 0.3) is 0 Å². The van der Waals surface area contributed by atoms with Gasteiger partial charge in [0.1, 0.15) is 0 Å². The summed E-state index contributed by atoms with van der Waals surface area (Å²) in [6, 6.07) is 17.6. The molecule has 2 aromatic carbocycles. The van der Waals surface area contributed by atoms with Crippen molar-refractivity contribution < 1.29 is 0 Å². The van der Waals surface area contributed by atoms with Crippen molar-refractivity contribution in [2.75, 3.05) is 5.73 Å². The standard InChI is InChI=1S/C14H13N5S/c15-13-9-5-4-6-11(13)10-20-14-16-17-18-19(14)12-7-2-1-3-8-12/h1-9H,10,15H2. The van der Waals surface area contributed by atoms with E-state index in [0.29, 0.717) is 0 Å². The highest BCUT2D eigenvalue weighted by atomic mass is 32.2. The second-order valence-electron chi connectivity index (χ2n) is 4.20. The number of para-hydroxylation sites is 2. The van der Waals surface area contributed by atoms with Crippen molar-refractivity contribution in [3.05, 3.63) is 60.2 Å². The molecule has 0 atom stereocenters. The molecule has 1 heterocycles. The van der Waals surface area contributed by atoms with E-state index >= 15 is 0 Å². The van der Waals surface area contributed by atoms with Crippen LogP contribution < -0.4 is 5.73 Å². The summed E-state index contributed by atoms with van der Waals surface area (Å²) < 4.78 is 1.73. The molecular formula is C14H13N5S. The van der Waals surface area contributed by atoms with Gasteiger partial charge in [0.05, 0.1) is 5.69 Å². The van der Waals surface area contributed by atoms with Crippen LogP contribution in [0.25, 0.3) is 5.69 Å². The van der Waals surface area contributed by atoms with Gasteiger partial charge in [0.15, 0.2) is 0 Å². The summed E-state index contributed by atoms with van der Waals surface area (Å²) in [6.45, 7) is 0. The number of hydrogen-bond donors (Lipinski definition) is 1. The fraction of sp³-hybridized carbons (Fsp3) is 0.0714. The van der Waals surface area contributed by atoms with E-state index in [9.17, 15) is 0 Å². The Labute approximate surface area is 120 Å². The molecule has 0 saturated heterocycles. The second-order valence-corrected chi connectivity index (χ2v) is 5.14. The Morgan fingerprint density at radius 2 is 1.75 bits per heavy atom. The normalized spacial score (nSPS) is 10.6. The highest BCUT2D eigenvalue weighted by Gasteiger charge is 2.09. The lowest BCUT2D eigenvalue weighted by atomic mass is 10.2. The number of benzene rings is 2. The van der Waals surface area contributed by atoms with Gasteiger partial charge in [0.2, 0.25) is 5.16 Å². The van der Waals surface area contributed by atoms with E-state index in [1.54, 1.807) is 16.4 Å². The smallest absolute Gasteiger partial charge is 0.214 e. The predicted octanol–water partition coefficient (Wildman–Crippen LogP) is 2.54. The average molecular weight is 283 g/mol. The van der Waals surface area contributed by atoms with Crippen molar-refractivity contribution in [1.29, 1.82) is 0 Å². The van der Waals surface area contributed by atoms with Crippen LogP contribution in [0.4, 0.5) is 5.69 Å². The zero-order chi connectivity index (χ0) is 13.8. The Bertz CT molecular complexity index is 696. The van der Waals surface area contributed by atoms with E-state index in [1.807, 2.05) is 54.6 Å². The highest BCUT2D eigenvalue weighted by molar-refractivity contribution is 7.98. The van der Waals surface area contributed by atoms with E-state index < -0.39 is 0 Å². The molecule has 3 aromatic rings. The molecule has 0 aliphatic carbocycles. The van der Waals surface area contributed by atoms with Crippen LogP contribution in [0, 0.1) is 0 Å². The molecule has 20 heavy (non-hydrogen) atoms. The van der Waals surface area contributed by atoms with Crippen LogP contribution in [-0.2, 0) is 5.75 Å². The number of anilines is 1. The fourth-order valence-electron chi connectivity index (χ4n) is 1.81. The molecular weight excluding hydrogens is 270 g/mol. The first kappa shape index (κ1) is 12.7. The van der Waals surface area contributed by atoms with Crippen LogP contribution in [0.5, 0.6) is 0 Å². The van der Waals surface area contributed by atoms with Gasteiger partial charge in [-0.1, -0.05) is 48.2 Å². The predicted molar refractivity (Wildman–Crippen MR) is 79.6 cm³/mol. The number of tetrazole rings is 1. The Kier molecular flexibility index (Phi) is 3.64. The van der Waals surface area contributed by atoms with E-state index in [4.69, 9.17) is 5.73 Å². The fourth-order valence-corrected chi connectivity index (χ4v) is 2.71. The van der Waals surface area contributed by atoms with Gasteiger partial charge >= 0.3 is 0 Å². The minimum absolute atomic E-state index is 0.736. The quantitative estimate of drug-likeness (QED) is 0.588. The highest BCUT2D eigenvalue weighted by Crippen LogP contribution is 2.24. The van der Waals surface area contributed by atoms with Crippen LogP contribution in [0.3, 0.4) is 0 Å². The molecule has 0 radical (unpaired) electrons. The van der Waals surface area contributed by atoms with Crippen LogP contribution in [-0.4, -0.2) is 20.2 Å². The topological polar surface area (TPSA) is 69.6 Å². The van der Waals surface area contributed by atoms with Crippen LogP contribution in [0.2, 0.25) is 0 Å². The van der Waals surface area contributed by atoms with E-state index in [2.05, 4.69) is 15.5 Å². The summed E-state index contributed by atoms with van der Waals surface area (Å²) in [6.07, 6.45) is 0. The van der Waals surface area contributed by atoms with Crippen molar-refractivity contribution in [3.63, 3.8) is 0 Å². The number of nitrogens with zero attached hydrogens (tertiary/aromatic N) is 4. The van der Waals surface area contributed by atoms with Crippen LogP contribution in [0.15, 0.2) is 59.8 Å². The summed E-state index contributed by atoms with van der Waals surface area (Å²) in [7, 11) is 0. The Morgan fingerprint density at radius 1 is 1.00 bits per heavy atom. The third-order valence-corrected chi connectivity index (χ3v) is 3.82. The van der Waals surface area contributed by atoms with Gasteiger partial charge in [-0.2, -0.15) is 4.68 Å². The first-order valence-corrected chi connectivity index (χ1v) is 7.13. The largest absolute Gasteiger partial charge is 0.398 e. The molecule has 0 bridgehead atoms. The number of nitrogens with two attached hydrogens (primary N) is 1. The molecule has 0 fully saturated rings. The summed E-state index contributed by atoms with van der Waals surface area (Å²) in [4.78, 5) is 0. The van der Waals surface area contributed by atoms with Gasteiger partial charge in [-0.3, -0.25) is 0 Å². The molecule has 0 amide bonds. The molecule has 6 heteroatoms. The molecule has 0 aliphatic heterocycles. The SMILES string of the molecule is Nc1ccccc1CSc1nnnn1-c1ccccc1. The first-order valence-electron chi connectivity index (χ1n) is 6.14. The number of nitrogen functional groups attached to an aromatic ring is 1. The van der Waals surface area contributed by atoms with Gasteiger partial charge in [-0.15, -0.1) is 5.10 Å². The Hall–Kier alpha value is -2.34. The van der Waals surface area contributed by atoms with Crippen LogP contribution in [0.1, 0.15) is 5.56 Å². The maximum Gasteiger partial charge on any atom is 0.214 e. The second kappa shape index (κ2) is 5.75. The lowest BCUT2D eigenvalue weighted by Crippen LogP contribution is -1.99. The molecule has 100 valence electrons. The van der Waals surface area contributed by atoms with Crippen LogP contribution >= 0.6 is 11.8 Å². The lowest BCUT2D eigenvalue weighted by Gasteiger charge is -2.05. The molecule has 5 nitrogen and oxygen atoms in total. The van der Waals surface area contributed by atoms with Gasteiger partial charge in [0, 0.05) is 11.4 Å². The minimum Gasteiger partial charge on any atom is -0.398 e. The minimum atomic E-state index is 0.736. The average Bonchev–Trinajstić information content (AvgIpc) is 2.96. The molecule has 3 rings (SSSR count). The molecule has 1 aromatic heterocycles. The summed E-state index contributed by atoms with van der Waals surface area (Å²) in [5.41, 5.74) is 8.76. The van der Waals surface area contributed by atoms with Crippen molar-refractivity contribution in [3.8, 4) is 5.69 Å². The van der Waals surface area contributed by atoms with Gasteiger partial charge in [-0.25, -0.2) is 0 Å². The van der Waals surface area contributed by atoms with Gasteiger partial charge in [-0.05, 0) is 34.2 Å². The number of rotatable bonds is 4. The number of aromatic nitrogens is 4. The van der Waals surface area contributed by atoms with Crippen molar-refractivity contribution >= 4 is 17.4 Å². The molecule has 0 spiro atoms. The van der Waals surface area contributed by atoms with E-state index in [1.165, 1.54) is 0 Å². The van der Waals surface area contributed by atoms with Crippen molar-refractivity contribution in [2.45, 2.75) is 10.9 Å². The van der Waals surface area contributed by atoms with Crippen molar-refractivity contribution in [2.24, 2.45) is 0 Å². The third-order valence-electron chi connectivity index (χ3n) is 2.85. The Morgan fingerprint density at radius 3 is 2.55 bits per heavy atom. The van der Waals surface area contributed by atoms with E-state index in [0.717, 1.165) is 27.8 Å². The number of hydrogen-bond acceptors (Lipinski definition) is 5. The zero-order valence-electron chi connectivity index (χ0n) is 10.7. The maximum atomic E-state index is 5.94. The summed E-state index contributed by atoms with van der Waals surface area (Å²) in [5, 5.41) is 12.6. The lowest BCUT2D eigenvalue weighted by molar-refractivity contribution is 0.756. The molecule has 0 aliphatic rings. The van der Waals surface area contributed by atoms with Crippen molar-refractivity contribution in [1.82, 2.24) is 20.2 Å². The molecule has 0 unspecified atom stereocenters. The number of thioether (sulfide) groups is 1. The monoisotopic (exact) mass is 283 g/mol. The maximum absolute atomic E-state index is 5.94. The summed E-state index contributed by atoms with van der Waals surface area (Å²) in [5.74, 6) is 0.736. The van der Waals surface area contributed by atoms with E-state index in [-0.39, 0.29) is 0 Å². The summed E-state index contributed by atoms with van der Waals surface area (Å²) >= 11 is 1.56. The molecule has 0 saturated carbocycles. The third kappa shape index (κ3) is 2.65. The first-order chi connectivity index (χ1) is 9.84. The Balaban J connectivity index is 1.80.